The molecule has 1 fully saturated rings. The first-order valence-electron chi connectivity index (χ1n) is 10.4. The molecule has 0 saturated carbocycles. The predicted octanol–water partition coefficient (Wildman–Crippen LogP) is 3.42. The zero-order valence-electron chi connectivity index (χ0n) is 19.5. The van der Waals surface area contributed by atoms with Crippen LogP contribution in [0.1, 0.15) is 49.1 Å². The Labute approximate surface area is 194 Å². The van der Waals surface area contributed by atoms with Gasteiger partial charge >= 0.3 is 18.9 Å². The Morgan fingerprint density at radius 2 is 1.77 bits per heavy atom. The predicted molar refractivity (Wildman–Crippen MR) is 123 cm³/mol. The molecule has 0 aliphatic carbocycles. The van der Waals surface area contributed by atoms with Gasteiger partial charge < -0.3 is 10.1 Å². The van der Waals surface area contributed by atoms with E-state index in [1.807, 2.05) is 44.3 Å². The number of rotatable bonds is 6. The van der Waals surface area contributed by atoms with Crippen molar-refractivity contribution in [1.82, 2.24) is 4.98 Å². The number of aliphatic imine (C=N–C) groups is 1. The molecule has 1 aliphatic heterocycles. The molecule has 0 atom stereocenters. The maximum atomic E-state index is 4.94. The van der Waals surface area contributed by atoms with Gasteiger partial charge in [0, 0.05) is 30.8 Å². The van der Waals surface area contributed by atoms with Crippen LogP contribution < -0.4 is 18.9 Å². The summed E-state index contributed by atoms with van der Waals surface area (Å²) in [6.07, 6.45) is 7.27. The maximum absolute atomic E-state index is 4.94. The number of aromatic nitrogens is 1. The second-order valence-electron chi connectivity index (χ2n) is 7.56. The SMILES string of the molecule is C1CCOC1.CC(/C=C(/C)[N-]CCc1ccccn1)=Nc1c(C)cc(C)cc1C.[Li+]. The molecule has 0 spiro atoms. The van der Waals surface area contributed by atoms with Crippen LogP contribution in [0.5, 0.6) is 0 Å². The molecule has 1 aromatic heterocycles. The second-order valence-corrected chi connectivity index (χ2v) is 7.56. The van der Waals surface area contributed by atoms with Gasteiger partial charge in [0.2, 0.25) is 0 Å². The van der Waals surface area contributed by atoms with Crippen molar-refractivity contribution in [3.63, 3.8) is 0 Å². The monoisotopic (exact) mass is 399 g/mol. The topological polar surface area (TPSA) is 48.6 Å². The summed E-state index contributed by atoms with van der Waals surface area (Å²) in [5.41, 5.74) is 7.81. The van der Waals surface area contributed by atoms with Gasteiger partial charge in [-0.05, 0) is 70.2 Å². The molecular formula is C25H34LiN3O. The van der Waals surface area contributed by atoms with Gasteiger partial charge in [0.1, 0.15) is 0 Å². The smallest absolute Gasteiger partial charge is 0.688 e. The summed E-state index contributed by atoms with van der Waals surface area (Å²) >= 11 is 0. The van der Waals surface area contributed by atoms with Crippen molar-refractivity contribution in [2.45, 2.75) is 53.9 Å². The van der Waals surface area contributed by atoms with Gasteiger partial charge in [-0.15, -0.1) is 6.54 Å². The van der Waals surface area contributed by atoms with Gasteiger partial charge in [-0.3, -0.25) is 9.98 Å². The Kier molecular flexibility index (Phi) is 12.4. The second kappa shape index (κ2) is 14.2. The standard InChI is InChI=1S/C21H26N3.C4H8O.Li/c1-15-12-16(2)21(17(3)13-15)24-19(5)14-18(4)22-11-9-20-8-6-7-10-23-20;1-2-4-5-3-1;/h6-8,10,12-14H,9,11H2,1-5H3;1-4H2;/q-1;;+1/b18-14-,24-19?;;. The fraction of sp³-hybridized carbons (Fsp3) is 0.440. The molecular weight excluding hydrogens is 365 g/mol. The van der Waals surface area contributed by atoms with Gasteiger partial charge in [-0.25, -0.2) is 0 Å². The Bertz CT molecular complexity index is 797. The van der Waals surface area contributed by atoms with Crippen molar-refractivity contribution < 1.29 is 23.6 Å². The zero-order valence-corrected chi connectivity index (χ0v) is 19.5. The van der Waals surface area contributed by atoms with Crippen LogP contribution in [0, 0.1) is 20.8 Å². The molecule has 156 valence electrons. The molecule has 30 heavy (non-hydrogen) atoms. The fourth-order valence-corrected chi connectivity index (χ4v) is 3.31. The summed E-state index contributed by atoms with van der Waals surface area (Å²) in [4.78, 5) is 9.09. The minimum Gasteiger partial charge on any atom is -0.688 e. The molecule has 2 heterocycles. The number of nitrogens with zero attached hydrogens (tertiary/aromatic N) is 3. The Balaban J connectivity index is 0.000000655. The van der Waals surface area contributed by atoms with Gasteiger partial charge in [0.25, 0.3) is 0 Å². The minimum atomic E-state index is 0. The van der Waals surface area contributed by atoms with Crippen LogP contribution in [-0.4, -0.2) is 30.5 Å². The Morgan fingerprint density at radius 3 is 2.30 bits per heavy atom. The molecule has 1 aromatic carbocycles. The first kappa shape index (κ1) is 26.2. The zero-order chi connectivity index (χ0) is 21.1. The molecule has 0 radical (unpaired) electrons. The number of hydrogen-bond donors (Lipinski definition) is 0. The van der Waals surface area contributed by atoms with Crippen molar-refractivity contribution >= 4 is 11.4 Å². The van der Waals surface area contributed by atoms with E-state index in [-0.39, 0.29) is 18.9 Å². The summed E-state index contributed by atoms with van der Waals surface area (Å²) in [6.45, 7) is 13.1. The van der Waals surface area contributed by atoms with Gasteiger partial charge in [-0.2, -0.15) is 5.70 Å². The van der Waals surface area contributed by atoms with Crippen molar-refractivity contribution in [1.29, 1.82) is 0 Å². The van der Waals surface area contributed by atoms with Crippen LogP contribution in [0.25, 0.3) is 5.32 Å². The Hall–Kier alpha value is -1.86. The molecule has 5 heteroatoms. The first-order valence-corrected chi connectivity index (χ1v) is 10.4. The summed E-state index contributed by atoms with van der Waals surface area (Å²) in [5, 5.41) is 4.60. The van der Waals surface area contributed by atoms with Crippen LogP contribution in [0.4, 0.5) is 5.69 Å². The summed E-state index contributed by atoms with van der Waals surface area (Å²) in [5.74, 6) is 0. The Morgan fingerprint density at radius 1 is 1.10 bits per heavy atom. The number of aryl methyl sites for hydroxylation is 3. The van der Waals surface area contributed by atoms with E-state index < -0.39 is 0 Å². The number of pyridine rings is 1. The van der Waals surface area contributed by atoms with E-state index in [0.717, 1.165) is 49.0 Å². The third kappa shape index (κ3) is 9.76. The molecule has 0 amide bonds. The molecule has 0 unspecified atom stereocenters. The van der Waals surface area contributed by atoms with Crippen molar-refractivity contribution in [2.75, 3.05) is 19.8 Å². The third-order valence-electron chi connectivity index (χ3n) is 4.62. The molecule has 1 saturated heterocycles. The summed E-state index contributed by atoms with van der Waals surface area (Å²) in [6, 6.07) is 10.3. The largest absolute Gasteiger partial charge is 1.00 e. The minimum absolute atomic E-state index is 0. The number of allylic oxidation sites excluding steroid dienone is 2. The van der Waals surface area contributed by atoms with E-state index in [0.29, 0.717) is 0 Å². The fourth-order valence-electron chi connectivity index (χ4n) is 3.31. The average molecular weight is 400 g/mol. The van der Waals surface area contributed by atoms with Crippen LogP contribution in [0.3, 0.4) is 0 Å². The van der Waals surface area contributed by atoms with Crippen LogP contribution in [0.15, 0.2) is 53.3 Å². The first-order chi connectivity index (χ1) is 14.0. The van der Waals surface area contributed by atoms with Gasteiger partial charge in [0.15, 0.2) is 0 Å². The number of hydrogen-bond acceptors (Lipinski definition) is 3. The number of ether oxygens (including phenoxy) is 1. The average Bonchev–Trinajstić information content (AvgIpc) is 3.25. The van der Waals surface area contributed by atoms with Crippen molar-refractivity contribution in [2.24, 2.45) is 4.99 Å². The van der Waals surface area contributed by atoms with E-state index in [1.54, 1.807) is 0 Å². The van der Waals surface area contributed by atoms with Crippen molar-refractivity contribution in [3.8, 4) is 0 Å². The molecule has 3 rings (SSSR count). The van der Waals surface area contributed by atoms with E-state index in [9.17, 15) is 0 Å². The van der Waals surface area contributed by atoms with E-state index in [2.05, 4.69) is 43.2 Å². The molecule has 0 bridgehead atoms. The van der Waals surface area contributed by atoms with Crippen molar-refractivity contribution in [3.05, 3.63) is 76.0 Å². The molecule has 0 N–H and O–H groups in total. The van der Waals surface area contributed by atoms with Crippen LogP contribution in [0.2, 0.25) is 0 Å². The summed E-state index contributed by atoms with van der Waals surface area (Å²) in [7, 11) is 0. The summed E-state index contributed by atoms with van der Waals surface area (Å²) < 4.78 is 4.94. The van der Waals surface area contributed by atoms with Crippen LogP contribution in [-0.2, 0) is 11.2 Å². The van der Waals surface area contributed by atoms with E-state index >= 15 is 0 Å². The molecule has 4 nitrogen and oxygen atoms in total. The quantitative estimate of drug-likeness (QED) is 0.552. The maximum Gasteiger partial charge on any atom is 1.00 e. The normalized spacial score (nSPS) is 13.9. The van der Waals surface area contributed by atoms with Gasteiger partial charge in [-0.1, -0.05) is 36.8 Å². The number of benzene rings is 1. The van der Waals surface area contributed by atoms with E-state index in [4.69, 9.17) is 9.73 Å². The van der Waals surface area contributed by atoms with Crippen LogP contribution >= 0.6 is 0 Å². The molecule has 2 aromatic rings. The van der Waals surface area contributed by atoms with Gasteiger partial charge in [0.05, 0.1) is 5.69 Å². The third-order valence-corrected chi connectivity index (χ3v) is 4.62. The van der Waals surface area contributed by atoms with E-state index in [1.165, 1.54) is 29.5 Å². The molecule has 1 aliphatic rings.